The Morgan fingerprint density at radius 1 is 1.17 bits per heavy atom. The molecule has 2 aromatic carbocycles. The number of nitrogens with one attached hydrogen (secondary N) is 1. The number of nitrogen functional groups attached to an aromatic ring is 1. The van der Waals surface area contributed by atoms with Crippen molar-refractivity contribution >= 4 is 17.6 Å². The second-order valence-corrected chi connectivity index (χ2v) is 6.71. The molecule has 0 saturated carbocycles. The van der Waals surface area contributed by atoms with Crippen LogP contribution in [0.2, 0.25) is 0 Å². The number of carbonyl (C=O) groups excluding carboxylic acids is 1. The van der Waals surface area contributed by atoms with Crippen LogP contribution in [0.25, 0.3) is 22.6 Å². The van der Waals surface area contributed by atoms with Crippen molar-refractivity contribution in [1.29, 1.82) is 0 Å². The Balaban J connectivity index is 1.74. The van der Waals surface area contributed by atoms with Crippen molar-refractivity contribution in [3.05, 3.63) is 77.7 Å². The van der Waals surface area contributed by atoms with Crippen LogP contribution in [-0.2, 0) is 11.2 Å². The van der Waals surface area contributed by atoms with Crippen LogP contribution >= 0.6 is 0 Å². The number of benzene rings is 2. The monoisotopic (exact) mass is 403 g/mol. The van der Waals surface area contributed by atoms with E-state index in [4.69, 9.17) is 10.3 Å². The van der Waals surface area contributed by atoms with Crippen molar-refractivity contribution in [1.82, 2.24) is 15.1 Å². The topological polar surface area (TPSA) is 107 Å². The summed E-state index contributed by atoms with van der Waals surface area (Å²) in [5.74, 6) is -0.0320. The Bertz CT molecular complexity index is 1210. The van der Waals surface area contributed by atoms with Gasteiger partial charge < -0.3 is 10.3 Å². The highest BCUT2D eigenvalue weighted by atomic mass is 19.1. The van der Waals surface area contributed by atoms with Crippen molar-refractivity contribution in [3.63, 3.8) is 0 Å². The average molecular weight is 403 g/mol. The van der Waals surface area contributed by atoms with E-state index in [2.05, 4.69) is 20.4 Å². The maximum Gasteiger partial charge on any atom is 0.243 e. The Hall–Kier alpha value is -4.07. The van der Waals surface area contributed by atoms with Gasteiger partial charge in [-0.2, -0.15) is 0 Å². The minimum absolute atomic E-state index is 0.0958. The number of halogens is 1. The molecule has 0 aliphatic heterocycles. The normalized spacial score (nSPS) is 10.7. The summed E-state index contributed by atoms with van der Waals surface area (Å²) in [6.45, 7) is 1.65. The highest BCUT2D eigenvalue weighted by Crippen LogP contribution is 2.36. The van der Waals surface area contributed by atoms with Gasteiger partial charge >= 0.3 is 0 Å². The van der Waals surface area contributed by atoms with Crippen molar-refractivity contribution in [2.45, 2.75) is 13.3 Å². The summed E-state index contributed by atoms with van der Waals surface area (Å²) in [6, 6.07) is 15.4. The number of hydrogen-bond donors (Lipinski definition) is 2. The molecule has 4 aromatic rings. The molecule has 0 aliphatic carbocycles. The molecular weight excluding hydrogens is 385 g/mol. The van der Waals surface area contributed by atoms with E-state index in [-0.39, 0.29) is 35.7 Å². The third-order valence-corrected chi connectivity index (χ3v) is 4.48. The van der Waals surface area contributed by atoms with Crippen LogP contribution in [0.15, 0.2) is 65.3 Å². The van der Waals surface area contributed by atoms with Gasteiger partial charge in [0.2, 0.25) is 11.8 Å². The van der Waals surface area contributed by atoms with Gasteiger partial charge in [-0.1, -0.05) is 35.5 Å². The molecule has 30 heavy (non-hydrogen) atoms. The number of rotatable bonds is 5. The van der Waals surface area contributed by atoms with Gasteiger partial charge in [0.05, 0.1) is 6.42 Å². The first-order valence-corrected chi connectivity index (χ1v) is 9.20. The predicted octanol–water partition coefficient (Wildman–Crippen LogP) is 4.01. The van der Waals surface area contributed by atoms with Crippen LogP contribution in [-0.4, -0.2) is 21.0 Å². The summed E-state index contributed by atoms with van der Waals surface area (Å²) >= 11 is 0. The first-order valence-electron chi connectivity index (χ1n) is 9.20. The molecule has 7 nitrogen and oxygen atoms in total. The van der Waals surface area contributed by atoms with Gasteiger partial charge in [0.15, 0.2) is 5.82 Å². The summed E-state index contributed by atoms with van der Waals surface area (Å²) in [7, 11) is 0. The summed E-state index contributed by atoms with van der Waals surface area (Å²) < 4.78 is 19.2. The standard InChI is InChI=1S/C22H18FN5O2/c1-13-11-15(7-8-16(13)23)20-19(21-25-10-9-17(24)26-21)22(30-28-20)27-18(29)12-14-5-3-2-4-6-14/h2-11H,12H2,1H3,(H,27,29)(H2,24,25,26). The Morgan fingerprint density at radius 3 is 2.70 bits per heavy atom. The number of aromatic nitrogens is 3. The van der Waals surface area contributed by atoms with E-state index in [0.29, 0.717) is 22.4 Å². The lowest BCUT2D eigenvalue weighted by Gasteiger charge is -2.06. The lowest BCUT2D eigenvalue weighted by atomic mass is 10.0. The summed E-state index contributed by atoms with van der Waals surface area (Å²) in [4.78, 5) is 21.0. The van der Waals surface area contributed by atoms with E-state index in [1.165, 1.54) is 12.3 Å². The number of amides is 1. The van der Waals surface area contributed by atoms with E-state index >= 15 is 0 Å². The van der Waals surface area contributed by atoms with Crippen LogP contribution < -0.4 is 11.1 Å². The molecule has 0 radical (unpaired) electrons. The largest absolute Gasteiger partial charge is 0.384 e. The number of hydrogen-bond acceptors (Lipinski definition) is 6. The number of anilines is 2. The molecule has 0 atom stereocenters. The zero-order valence-corrected chi connectivity index (χ0v) is 16.1. The minimum atomic E-state index is -0.333. The maximum absolute atomic E-state index is 13.7. The second kappa shape index (κ2) is 8.12. The summed E-state index contributed by atoms with van der Waals surface area (Å²) in [5, 5.41) is 6.82. The third-order valence-electron chi connectivity index (χ3n) is 4.48. The zero-order valence-electron chi connectivity index (χ0n) is 16.1. The fourth-order valence-electron chi connectivity index (χ4n) is 3.02. The second-order valence-electron chi connectivity index (χ2n) is 6.71. The molecule has 2 aromatic heterocycles. The molecule has 0 fully saturated rings. The average Bonchev–Trinajstić information content (AvgIpc) is 3.14. The van der Waals surface area contributed by atoms with Crippen LogP contribution in [0.5, 0.6) is 0 Å². The number of aryl methyl sites for hydroxylation is 1. The molecule has 4 rings (SSSR count). The Labute approximate surface area is 171 Å². The van der Waals surface area contributed by atoms with Gasteiger partial charge in [0, 0.05) is 11.8 Å². The molecule has 150 valence electrons. The minimum Gasteiger partial charge on any atom is -0.384 e. The van der Waals surface area contributed by atoms with E-state index in [1.54, 1.807) is 25.1 Å². The van der Waals surface area contributed by atoms with Crippen molar-refractivity contribution in [2.24, 2.45) is 0 Å². The third kappa shape index (κ3) is 4.02. The van der Waals surface area contributed by atoms with E-state index in [1.807, 2.05) is 30.3 Å². The number of nitrogens with zero attached hydrogens (tertiary/aromatic N) is 3. The van der Waals surface area contributed by atoms with Crippen LogP contribution in [0, 0.1) is 12.7 Å². The Kier molecular flexibility index (Phi) is 5.21. The highest BCUT2D eigenvalue weighted by molar-refractivity contribution is 5.97. The van der Waals surface area contributed by atoms with Gasteiger partial charge in [-0.05, 0) is 42.3 Å². The van der Waals surface area contributed by atoms with Gasteiger partial charge in [-0.25, -0.2) is 14.4 Å². The number of nitrogens with two attached hydrogens (primary N) is 1. The molecular formula is C22H18FN5O2. The first kappa shape index (κ1) is 19.3. The lowest BCUT2D eigenvalue weighted by molar-refractivity contribution is -0.115. The molecule has 0 bridgehead atoms. The van der Waals surface area contributed by atoms with E-state index in [9.17, 15) is 9.18 Å². The van der Waals surface area contributed by atoms with Crippen LogP contribution in [0.3, 0.4) is 0 Å². The van der Waals surface area contributed by atoms with Crippen molar-refractivity contribution < 1.29 is 13.7 Å². The van der Waals surface area contributed by atoms with E-state index < -0.39 is 0 Å². The molecule has 0 unspecified atom stereocenters. The highest BCUT2D eigenvalue weighted by Gasteiger charge is 2.24. The molecule has 1 amide bonds. The van der Waals surface area contributed by atoms with E-state index in [0.717, 1.165) is 5.56 Å². The quantitative estimate of drug-likeness (QED) is 0.521. The lowest BCUT2D eigenvalue weighted by Crippen LogP contribution is -2.14. The molecule has 0 saturated heterocycles. The molecule has 3 N–H and O–H groups in total. The van der Waals surface area contributed by atoms with Gasteiger partial charge in [0.25, 0.3) is 0 Å². The first-order chi connectivity index (χ1) is 14.5. The number of carbonyl (C=O) groups is 1. The SMILES string of the molecule is Cc1cc(-c2noc(NC(=O)Cc3ccccc3)c2-c2nccc(N)n2)ccc1F. The van der Waals surface area contributed by atoms with Gasteiger partial charge in [-0.15, -0.1) is 0 Å². The van der Waals surface area contributed by atoms with Gasteiger partial charge in [-0.3, -0.25) is 10.1 Å². The fraction of sp³-hybridized carbons (Fsp3) is 0.0909. The smallest absolute Gasteiger partial charge is 0.243 e. The summed E-state index contributed by atoms with van der Waals surface area (Å²) in [6.07, 6.45) is 1.66. The summed E-state index contributed by atoms with van der Waals surface area (Å²) in [5.41, 5.74) is 8.46. The predicted molar refractivity (Wildman–Crippen MR) is 111 cm³/mol. The fourth-order valence-corrected chi connectivity index (χ4v) is 3.02. The zero-order chi connectivity index (χ0) is 21.1. The Morgan fingerprint density at radius 2 is 1.97 bits per heavy atom. The molecule has 8 heteroatoms. The molecule has 2 heterocycles. The van der Waals surface area contributed by atoms with Crippen LogP contribution in [0.1, 0.15) is 11.1 Å². The molecule has 0 aliphatic rings. The van der Waals surface area contributed by atoms with Crippen LogP contribution in [0.4, 0.5) is 16.1 Å². The van der Waals surface area contributed by atoms with Gasteiger partial charge in [0.1, 0.15) is 22.9 Å². The molecule has 0 spiro atoms. The maximum atomic E-state index is 13.7. The van der Waals surface area contributed by atoms with Crippen molar-refractivity contribution in [2.75, 3.05) is 11.1 Å². The van der Waals surface area contributed by atoms with Crippen molar-refractivity contribution in [3.8, 4) is 22.6 Å².